The van der Waals surface area contributed by atoms with Gasteiger partial charge < -0.3 is 9.64 Å². The Kier molecular flexibility index (Phi) is 4.93. The molecule has 0 aromatic heterocycles. The maximum Gasteiger partial charge on any atom is 0.416 e. The van der Waals surface area contributed by atoms with Gasteiger partial charge in [0.05, 0.1) is 12.7 Å². The molecule has 0 unspecified atom stereocenters. The van der Waals surface area contributed by atoms with E-state index in [1.807, 2.05) is 0 Å². The van der Waals surface area contributed by atoms with Gasteiger partial charge in [0, 0.05) is 19.2 Å². The van der Waals surface area contributed by atoms with Gasteiger partial charge in [0.25, 0.3) is 5.91 Å². The van der Waals surface area contributed by atoms with Crippen LogP contribution in [0.25, 0.3) is 0 Å². The van der Waals surface area contributed by atoms with Gasteiger partial charge in [-0.05, 0) is 35.9 Å². The van der Waals surface area contributed by atoms with Crippen LogP contribution in [0.3, 0.4) is 0 Å². The van der Waals surface area contributed by atoms with Crippen LogP contribution in [0, 0.1) is 0 Å². The van der Waals surface area contributed by atoms with Crippen LogP contribution in [0.5, 0.6) is 5.75 Å². The number of hydrogen-bond acceptors (Lipinski definition) is 2. The highest BCUT2D eigenvalue weighted by molar-refractivity contribution is 5.94. The van der Waals surface area contributed by atoms with Crippen molar-refractivity contribution in [2.75, 3.05) is 14.2 Å². The first-order valence-electron chi connectivity index (χ1n) is 6.87. The third-order valence-electron chi connectivity index (χ3n) is 3.41. The van der Waals surface area contributed by atoms with Crippen molar-refractivity contribution < 1.29 is 22.7 Å². The van der Waals surface area contributed by atoms with Crippen molar-refractivity contribution in [3.8, 4) is 5.75 Å². The normalized spacial score (nSPS) is 11.2. The number of alkyl halides is 3. The van der Waals surface area contributed by atoms with E-state index < -0.39 is 11.7 Å². The Morgan fingerprint density at radius 1 is 1.09 bits per heavy atom. The van der Waals surface area contributed by atoms with Crippen molar-refractivity contribution in [2.24, 2.45) is 0 Å². The van der Waals surface area contributed by atoms with Gasteiger partial charge >= 0.3 is 6.18 Å². The lowest BCUT2D eigenvalue weighted by Crippen LogP contribution is -2.27. The van der Waals surface area contributed by atoms with Crippen molar-refractivity contribution in [2.45, 2.75) is 12.7 Å². The summed E-state index contributed by atoms with van der Waals surface area (Å²) in [5.74, 6) is 0.247. The average Bonchev–Trinajstić information content (AvgIpc) is 2.53. The second-order valence-electron chi connectivity index (χ2n) is 5.04. The molecule has 0 spiro atoms. The molecule has 0 bridgehead atoms. The molecule has 6 heteroatoms. The largest absolute Gasteiger partial charge is 0.497 e. The summed E-state index contributed by atoms with van der Waals surface area (Å²) in [5.41, 5.74) is -0.281. The highest BCUT2D eigenvalue weighted by Crippen LogP contribution is 2.32. The summed E-state index contributed by atoms with van der Waals surface area (Å²) < 4.78 is 44.0. The molecule has 0 saturated carbocycles. The van der Waals surface area contributed by atoms with E-state index >= 15 is 0 Å². The number of carbonyl (C=O) groups excluding carboxylic acids is 1. The second kappa shape index (κ2) is 6.73. The molecule has 3 nitrogen and oxygen atoms in total. The van der Waals surface area contributed by atoms with Gasteiger partial charge in [-0.25, -0.2) is 0 Å². The quantitative estimate of drug-likeness (QED) is 0.851. The molecular weight excluding hydrogens is 307 g/mol. The number of halogens is 3. The Balaban J connectivity index is 2.18. The van der Waals surface area contributed by atoms with E-state index in [2.05, 4.69) is 0 Å². The Morgan fingerprint density at radius 3 is 2.26 bits per heavy atom. The van der Waals surface area contributed by atoms with Gasteiger partial charge in [0.15, 0.2) is 0 Å². The molecule has 0 saturated heterocycles. The molecule has 0 aliphatic rings. The summed E-state index contributed by atoms with van der Waals surface area (Å²) in [7, 11) is 2.98. The van der Waals surface area contributed by atoms with Gasteiger partial charge in [-0.15, -0.1) is 0 Å². The zero-order valence-electron chi connectivity index (χ0n) is 12.7. The highest BCUT2D eigenvalue weighted by atomic mass is 19.4. The van der Waals surface area contributed by atoms with Gasteiger partial charge in [0.2, 0.25) is 0 Å². The van der Waals surface area contributed by atoms with Crippen LogP contribution in [0.4, 0.5) is 13.2 Å². The molecule has 0 radical (unpaired) electrons. The van der Waals surface area contributed by atoms with Gasteiger partial charge in [-0.1, -0.05) is 18.2 Å². The zero-order valence-corrected chi connectivity index (χ0v) is 12.7. The molecule has 2 aromatic rings. The highest BCUT2D eigenvalue weighted by Gasteiger charge is 2.33. The minimum atomic E-state index is -4.44. The third-order valence-corrected chi connectivity index (χ3v) is 3.41. The van der Waals surface area contributed by atoms with Crippen molar-refractivity contribution in [1.29, 1.82) is 0 Å². The fourth-order valence-electron chi connectivity index (χ4n) is 2.22. The van der Waals surface area contributed by atoms with Crippen molar-refractivity contribution in [3.05, 3.63) is 65.2 Å². The molecule has 0 N–H and O–H groups in total. The minimum Gasteiger partial charge on any atom is -0.497 e. The molecule has 0 aliphatic heterocycles. The first kappa shape index (κ1) is 16.9. The van der Waals surface area contributed by atoms with E-state index in [9.17, 15) is 18.0 Å². The predicted octanol–water partition coefficient (Wildman–Crippen LogP) is 3.99. The topological polar surface area (TPSA) is 29.5 Å². The van der Waals surface area contributed by atoms with Gasteiger partial charge in [-0.3, -0.25) is 4.79 Å². The number of amides is 1. The predicted molar refractivity (Wildman–Crippen MR) is 80.2 cm³/mol. The third kappa shape index (κ3) is 4.03. The van der Waals surface area contributed by atoms with Gasteiger partial charge in [-0.2, -0.15) is 13.2 Å². The Hall–Kier alpha value is -2.50. The molecule has 1 amide bonds. The lowest BCUT2D eigenvalue weighted by atomic mass is 10.1. The molecule has 122 valence electrons. The molecule has 0 aliphatic carbocycles. The van der Waals surface area contributed by atoms with Gasteiger partial charge in [0.1, 0.15) is 5.75 Å². The fraction of sp³-hybridized carbons (Fsp3) is 0.235. The zero-order chi connectivity index (χ0) is 17.0. The molecular formula is C17H16F3NO2. The summed E-state index contributed by atoms with van der Waals surface area (Å²) in [6, 6.07) is 11.7. The van der Waals surface area contributed by atoms with Crippen LogP contribution in [0.1, 0.15) is 21.5 Å². The summed E-state index contributed by atoms with van der Waals surface area (Å²) in [4.78, 5) is 13.6. The smallest absolute Gasteiger partial charge is 0.416 e. The minimum absolute atomic E-state index is 0.0596. The van der Waals surface area contributed by atoms with Crippen molar-refractivity contribution >= 4 is 5.91 Å². The fourth-order valence-corrected chi connectivity index (χ4v) is 2.22. The standard InChI is InChI=1S/C17H16F3NO2/c1-21(16(22)12-7-9-14(23-2)10-8-12)11-13-5-3-4-6-15(13)17(18,19)20/h3-10H,11H2,1-2H3. The number of carbonyl (C=O) groups is 1. The van der Waals surface area contributed by atoms with Crippen LogP contribution in [-0.4, -0.2) is 25.0 Å². The number of ether oxygens (including phenoxy) is 1. The molecule has 2 aromatic carbocycles. The first-order valence-corrected chi connectivity index (χ1v) is 6.87. The Labute approximate surface area is 132 Å². The Bertz CT molecular complexity index is 681. The van der Waals surface area contributed by atoms with Crippen LogP contribution in [0.15, 0.2) is 48.5 Å². The SMILES string of the molecule is COc1ccc(C(=O)N(C)Cc2ccccc2C(F)(F)F)cc1. The van der Waals surface area contributed by atoms with Crippen LogP contribution in [0.2, 0.25) is 0 Å². The summed E-state index contributed by atoms with van der Waals surface area (Å²) in [6.45, 7) is -0.124. The van der Waals surface area contributed by atoms with Crippen LogP contribution in [-0.2, 0) is 12.7 Å². The molecule has 23 heavy (non-hydrogen) atoms. The number of benzene rings is 2. The summed E-state index contributed by atoms with van der Waals surface area (Å²) in [6.07, 6.45) is -4.44. The summed E-state index contributed by atoms with van der Waals surface area (Å²) in [5, 5.41) is 0. The van der Waals surface area contributed by atoms with E-state index in [1.54, 1.807) is 24.3 Å². The molecule has 2 rings (SSSR count). The number of rotatable bonds is 4. The first-order chi connectivity index (χ1) is 10.8. The lowest BCUT2D eigenvalue weighted by Gasteiger charge is -2.20. The lowest BCUT2D eigenvalue weighted by molar-refractivity contribution is -0.138. The van der Waals surface area contributed by atoms with E-state index in [-0.39, 0.29) is 18.0 Å². The number of methoxy groups -OCH3 is 1. The average molecular weight is 323 g/mol. The Morgan fingerprint density at radius 2 is 1.70 bits per heavy atom. The van der Waals surface area contributed by atoms with E-state index in [0.717, 1.165) is 6.07 Å². The molecule has 0 fully saturated rings. The second-order valence-corrected chi connectivity index (χ2v) is 5.04. The van der Waals surface area contributed by atoms with E-state index in [1.165, 1.54) is 37.3 Å². The number of nitrogens with zero attached hydrogens (tertiary/aromatic N) is 1. The van der Waals surface area contributed by atoms with E-state index in [4.69, 9.17) is 4.74 Å². The maximum atomic E-state index is 13.0. The maximum absolute atomic E-state index is 13.0. The summed E-state index contributed by atoms with van der Waals surface area (Å²) >= 11 is 0. The van der Waals surface area contributed by atoms with Crippen molar-refractivity contribution in [3.63, 3.8) is 0 Å². The molecule has 0 heterocycles. The monoisotopic (exact) mass is 323 g/mol. The number of hydrogen-bond donors (Lipinski definition) is 0. The van der Waals surface area contributed by atoms with Crippen LogP contribution >= 0.6 is 0 Å². The van der Waals surface area contributed by atoms with E-state index in [0.29, 0.717) is 11.3 Å². The van der Waals surface area contributed by atoms with Crippen molar-refractivity contribution in [1.82, 2.24) is 4.90 Å². The molecule has 0 atom stereocenters. The van der Waals surface area contributed by atoms with Crippen LogP contribution < -0.4 is 4.74 Å².